The minimum atomic E-state index is 0.0208. The Labute approximate surface area is 115 Å². The van der Waals surface area contributed by atoms with Crippen LogP contribution in [-0.4, -0.2) is 44.8 Å². The standard InChI is InChI=1S/C12H17N3O3S/c1-9(17)19-8-10-4-12(18)15(6-10)11-5-13-14(7-11)2-3-16/h5,7,10,16H,2-4,6,8H2,1H3. The lowest BCUT2D eigenvalue weighted by molar-refractivity contribution is -0.117. The van der Waals surface area contributed by atoms with Gasteiger partial charge in [-0.15, -0.1) is 0 Å². The van der Waals surface area contributed by atoms with Crippen LogP contribution in [-0.2, 0) is 16.1 Å². The van der Waals surface area contributed by atoms with E-state index in [-0.39, 0.29) is 23.5 Å². The molecule has 1 amide bonds. The summed E-state index contributed by atoms with van der Waals surface area (Å²) in [6.45, 7) is 2.61. The third kappa shape index (κ3) is 3.57. The second kappa shape index (κ2) is 6.21. The molecule has 1 unspecified atom stereocenters. The lowest BCUT2D eigenvalue weighted by Gasteiger charge is -2.13. The minimum Gasteiger partial charge on any atom is -0.394 e. The van der Waals surface area contributed by atoms with Crippen LogP contribution in [0.4, 0.5) is 5.69 Å². The number of hydrogen-bond donors (Lipinski definition) is 1. The summed E-state index contributed by atoms with van der Waals surface area (Å²) in [5.74, 6) is 0.961. The van der Waals surface area contributed by atoms with Crippen LogP contribution in [0.2, 0.25) is 0 Å². The van der Waals surface area contributed by atoms with Gasteiger partial charge in [0, 0.05) is 31.8 Å². The summed E-state index contributed by atoms with van der Waals surface area (Å²) < 4.78 is 1.61. The van der Waals surface area contributed by atoms with Crippen molar-refractivity contribution in [1.29, 1.82) is 0 Å². The number of hydrogen-bond acceptors (Lipinski definition) is 5. The van der Waals surface area contributed by atoms with Gasteiger partial charge in [0.05, 0.1) is 25.0 Å². The van der Waals surface area contributed by atoms with E-state index in [4.69, 9.17) is 5.11 Å². The highest BCUT2D eigenvalue weighted by atomic mass is 32.2. The minimum absolute atomic E-state index is 0.0208. The number of aromatic nitrogens is 2. The summed E-state index contributed by atoms with van der Waals surface area (Å²) in [5, 5.41) is 13.0. The fourth-order valence-corrected chi connectivity index (χ4v) is 2.79. The van der Waals surface area contributed by atoms with Crippen molar-refractivity contribution < 1.29 is 14.7 Å². The number of thioether (sulfide) groups is 1. The van der Waals surface area contributed by atoms with Gasteiger partial charge in [-0.25, -0.2) is 0 Å². The molecule has 104 valence electrons. The molecular weight excluding hydrogens is 266 g/mol. The quantitative estimate of drug-likeness (QED) is 0.852. The average molecular weight is 283 g/mol. The third-order valence-corrected chi connectivity index (χ3v) is 4.03. The van der Waals surface area contributed by atoms with Gasteiger partial charge in [0.1, 0.15) is 0 Å². The lowest BCUT2D eigenvalue weighted by atomic mass is 10.1. The fourth-order valence-electron chi connectivity index (χ4n) is 2.09. The first kappa shape index (κ1) is 14.1. The first-order valence-corrected chi connectivity index (χ1v) is 7.15. The largest absolute Gasteiger partial charge is 0.394 e. The molecular formula is C12H17N3O3S. The number of rotatable bonds is 5. The number of anilines is 1. The van der Waals surface area contributed by atoms with Crippen LogP contribution in [0.15, 0.2) is 12.4 Å². The summed E-state index contributed by atoms with van der Waals surface area (Å²) in [5.41, 5.74) is 0.758. The van der Waals surface area contributed by atoms with Crippen molar-refractivity contribution in [3.05, 3.63) is 12.4 Å². The molecule has 0 aliphatic carbocycles. The predicted molar refractivity (Wildman–Crippen MR) is 72.9 cm³/mol. The van der Waals surface area contributed by atoms with Gasteiger partial charge in [0.25, 0.3) is 0 Å². The van der Waals surface area contributed by atoms with Gasteiger partial charge in [0.2, 0.25) is 5.91 Å². The van der Waals surface area contributed by atoms with Crippen LogP contribution >= 0.6 is 11.8 Å². The van der Waals surface area contributed by atoms with E-state index in [0.29, 0.717) is 25.3 Å². The molecule has 1 aromatic heterocycles. The summed E-state index contributed by atoms with van der Waals surface area (Å²) >= 11 is 1.27. The Kier molecular flexibility index (Phi) is 4.60. The van der Waals surface area contributed by atoms with Crippen molar-refractivity contribution in [2.75, 3.05) is 23.8 Å². The highest BCUT2D eigenvalue weighted by Gasteiger charge is 2.31. The van der Waals surface area contributed by atoms with Gasteiger partial charge < -0.3 is 10.0 Å². The molecule has 1 aromatic rings. The number of amides is 1. The van der Waals surface area contributed by atoms with Crippen molar-refractivity contribution in [3.63, 3.8) is 0 Å². The fraction of sp³-hybridized carbons (Fsp3) is 0.583. The van der Waals surface area contributed by atoms with Crippen LogP contribution in [0.5, 0.6) is 0 Å². The normalized spacial score (nSPS) is 19.2. The zero-order valence-electron chi connectivity index (χ0n) is 10.8. The summed E-state index contributed by atoms with van der Waals surface area (Å²) in [7, 11) is 0. The number of carbonyl (C=O) groups excluding carboxylic acids is 2. The maximum Gasteiger partial charge on any atom is 0.227 e. The van der Waals surface area contributed by atoms with E-state index in [2.05, 4.69) is 5.10 Å². The molecule has 0 spiro atoms. The molecule has 7 heteroatoms. The van der Waals surface area contributed by atoms with E-state index in [0.717, 1.165) is 5.69 Å². The maximum absolute atomic E-state index is 11.9. The van der Waals surface area contributed by atoms with Crippen LogP contribution < -0.4 is 4.90 Å². The molecule has 6 nitrogen and oxygen atoms in total. The molecule has 1 aliphatic rings. The van der Waals surface area contributed by atoms with Gasteiger partial charge in [-0.2, -0.15) is 5.10 Å². The summed E-state index contributed by atoms with van der Waals surface area (Å²) in [4.78, 5) is 24.6. The molecule has 0 bridgehead atoms. The Hall–Kier alpha value is -1.34. The third-order valence-electron chi connectivity index (χ3n) is 2.99. The molecule has 1 fully saturated rings. The highest BCUT2D eigenvalue weighted by molar-refractivity contribution is 8.13. The van der Waals surface area contributed by atoms with E-state index >= 15 is 0 Å². The van der Waals surface area contributed by atoms with Crippen molar-refractivity contribution in [2.45, 2.75) is 19.9 Å². The molecule has 2 rings (SSSR count). The summed E-state index contributed by atoms with van der Waals surface area (Å²) in [6.07, 6.45) is 3.87. The molecule has 1 atom stereocenters. The molecule has 19 heavy (non-hydrogen) atoms. The predicted octanol–water partition coefficient (Wildman–Crippen LogP) is 0.508. The maximum atomic E-state index is 11.9. The smallest absolute Gasteiger partial charge is 0.227 e. The van der Waals surface area contributed by atoms with Gasteiger partial charge in [0.15, 0.2) is 5.12 Å². The molecule has 0 radical (unpaired) electrons. The van der Waals surface area contributed by atoms with E-state index in [1.54, 1.807) is 22.0 Å². The average Bonchev–Trinajstić information content (AvgIpc) is 2.94. The molecule has 2 heterocycles. The molecule has 0 saturated carbocycles. The van der Waals surface area contributed by atoms with E-state index < -0.39 is 0 Å². The zero-order valence-corrected chi connectivity index (χ0v) is 11.6. The van der Waals surface area contributed by atoms with E-state index in [1.165, 1.54) is 18.7 Å². The lowest BCUT2D eigenvalue weighted by Crippen LogP contribution is -2.24. The van der Waals surface area contributed by atoms with Gasteiger partial charge in [-0.1, -0.05) is 11.8 Å². The number of aliphatic hydroxyl groups excluding tert-OH is 1. The molecule has 1 saturated heterocycles. The Morgan fingerprint density at radius 2 is 2.42 bits per heavy atom. The number of aliphatic hydroxyl groups is 1. The van der Waals surface area contributed by atoms with Gasteiger partial charge in [-0.3, -0.25) is 14.3 Å². The van der Waals surface area contributed by atoms with Crippen molar-refractivity contribution in [1.82, 2.24) is 9.78 Å². The van der Waals surface area contributed by atoms with Crippen molar-refractivity contribution >= 4 is 28.5 Å². The first-order valence-electron chi connectivity index (χ1n) is 6.17. The Balaban J connectivity index is 1.96. The Morgan fingerprint density at radius 1 is 1.63 bits per heavy atom. The van der Waals surface area contributed by atoms with Crippen molar-refractivity contribution in [2.24, 2.45) is 5.92 Å². The summed E-state index contributed by atoms with van der Waals surface area (Å²) in [6, 6.07) is 0. The number of nitrogens with zero attached hydrogens (tertiary/aromatic N) is 3. The molecule has 1 N–H and O–H groups in total. The highest BCUT2D eigenvalue weighted by Crippen LogP contribution is 2.27. The number of carbonyl (C=O) groups is 2. The van der Waals surface area contributed by atoms with E-state index in [9.17, 15) is 9.59 Å². The van der Waals surface area contributed by atoms with Crippen LogP contribution in [0.25, 0.3) is 0 Å². The monoisotopic (exact) mass is 283 g/mol. The van der Waals surface area contributed by atoms with Crippen molar-refractivity contribution in [3.8, 4) is 0 Å². The topological polar surface area (TPSA) is 75.4 Å². The second-order valence-corrected chi connectivity index (χ2v) is 5.76. The molecule has 0 aromatic carbocycles. The molecule has 1 aliphatic heterocycles. The van der Waals surface area contributed by atoms with E-state index in [1.807, 2.05) is 0 Å². The SMILES string of the molecule is CC(=O)SCC1CC(=O)N(c2cnn(CCO)c2)C1. The Morgan fingerprint density at radius 3 is 3.11 bits per heavy atom. The van der Waals surface area contributed by atoms with Gasteiger partial charge in [-0.05, 0) is 5.92 Å². The van der Waals surface area contributed by atoms with Crippen LogP contribution in [0.3, 0.4) is 0 Å². The van der Waals surface area contributed by atoms with Gasteiger partial charge >= 0.3 is 0 Å². The zero-order chi connectivity index (χ0) is 13.8. The first-order chi connectivity index (χ1) is 9.10. The van der Waals surface area contributed by atoms with Crippen LogP contribution in [0.1, 0.15) is 13.3 Å². The van der Waals surface area contributed by atoms with Crippen LogP contribution in [0, 0.1) is 5.92 Å². The second-order valence-electron chi connectivity index (χ2n) is 4.56. The Bertz CT molecular complexity index is 475.